The highest BCUT2D eigenvalue weighted by atomic mass is 16.4. The van der Waals surface area contributed by atoms with E-state index in [4.69, 9.17) is 5.11 Å². The Morgan fingerprint density at radius 3 is 2.19 bits per heavy atom. The minimum Gasteiger partial charge on any atom is -0.480 e. The highest BCUT2D eigenvalue weighted by Crippen LogP contribution is 2.02. The van der Waals surface area contributed by atoms with Crippen LogP contribution in [0, 0.1) is 0 Å². The van der Waals surface area contributed by atoms with E-state index in [9.17, 15) is 9.59 Å². The third-order valence-corrected chi connectivity index (χ3v) is 2.40. The van der Waals surface area contributed by atoms with E-state index in [1.165, 1.54) is 0 Å². The lowest BCUT2D eigenvalue weighted by molar-refractivity contribution is -0.138. The molecule has 0 aromatic carbocycles. The van der Waals surface area contributed by atoms with Gasteiger partial charge in [-0.25, -0.2) is 0 Å². The Kier molecular flexibility index (Phi) is 6.72. The Bertz CT molecular complexity index is 239. The van der Waals surface area contributed by atoms with Crippen molar-refractivity contribution >= 4 is 11.9 Å². The first-order chi connectivity index (χ1) is 7.34. The van der Waals surface area contributed by atoms with Gasteiger partial charge >= 0.3 is 5.97 Å². The number of hydrogen-bond acceptors (Lipinski definition) is 3. The first kappa shape index (κ1) is 14.9. The largest absolute Gasteiger partial charge is 0.480 e. The van der Waals surface area contributed by atoms with Gasteiger partial charge in [-0.05, 0) is 26.8 Å². The Morgan fingerprint density at radius 1 is 1.25 bits per heavy atom. The number of hydrogen-bond donors (Lipinski definition) is 1. The maximum absolute atomic E-state index is 11.3. The molecular formula is C11H22N2O3. The molecule has 0 unspecified atom stereocenters. The smallest absolute Gasteiger partial charge is 0.317 e. The van der Waals surface area contributed by atoms with Crippen molar-refractivity contribution < 1.29 is 14.7 Å². The molecule has 5 heteroatoms. The molecular weight excluding hydrogens is 208 g/mol. The number of aliphatic carboxylic acids is 1. The summed E-state index contributed by atoms with van der Waals surface area (Å²) in [6.07, 6.45) is 1.16. The molecule has 0 rings (SSSR count). The van der Waals surface area contributed by atoms with Crippen molar-refractivity contribution in [3.05, 3.63) is 0 Å². The predicted octanol–water partition coefficient (Wildman–Crippen LogP) is 0.650. The SMILES string of the molecule is CC(C)N(CCCC(=O)N(C)C)CC(=O)O. The Morgan fingerprint density at radius 2 is 1.81 bits per heavy atom. The molecule has 1 amide bonds. The van der Waals surface area contributed by atoms with Crippen LogP contribution in [-0.2, 0) is 9.59 Å². The van der Waals surface area contributed by atoms with Gasteiger partial charge in [-0.1, -0.05) is 0 Å². The van der Waals surface area contributed by atoms with Gasteiger partial charge in [0.05, 0.1) is 6.54 Å². The molecule has 0 spiro atoms. The van der Waals surface area contributed by atoms with E-state index in [1.807, 2.05) is 18.7 Å². The van der Waals surface area contributed by atoms with Gasteiger partial charge in [0.2, 0.25) is 5.91 Å². The summed E-state index contributed by atoms with van der Waals surface area (Å²) in [6, 6.07) is 0.186. The molecule has 0 saturated heterocycles. The summed E-state index contributed by atoms with van der Waals surface area (Å²) in [7, 11) is 3.44. The van der Waals surface area contributed by atoms with Crippen LogP contribution in [-0.4, -0.2) is 60.0 Å². The number of amides is 1. The average molecular weight is 230 g/mol. The fraction of sp³-hybridized carbons (Fsp3) is 0.818. The zero-order valence-corrected chi connectivity index (χ0v) is 10.6. The van der Waals surface area contributed by atoms with Crippen molar-refractivity contribution in [2.24, 2.45) is 0 Å². The van der Waals surface area contributed by atoms with Gasteiger partial charge in [0.1, 0.15) is 0 Å². The average Bonchev–Trinajstić information content (AvgIpc) is 2.14. The highest BCUT2D eigenvalue weighted by Gasteiger charge is 2.13. The van der Waals surface area contributed by atoms with Crippen molar-refractivity contribution in [3.8, 4) is 0 Å². The zero-order valence-electron chi connectivity index (χ0n) is 10.6. The van der Waals surface area contributed by atoms with Gasteiger partial charge in [0.15, 0.2) is 0 Å². The molecule has 1 N–H and O–H groups in total. The van der Waals surface area contributed by atoms with Crippen molar-refractivity contribution in [1.29, 1.82) is 0 Å². The zero-order chi connectivity index (χ0) is 12.7. The van der Waals surface area contributed by atoms with E-state index in [-0.39, 0.29) is 18.5 Å². The third-order valence-electron chi connectivity index (χ3n) is 2.40. The minimum atomic E-state index is -0.826. The van der Waals surface area contributed by atoms with E-state index in [0.717, 1.165) is 0 Å². The Balaban J connectivity index is 3.94. The lowest BCUT2D eigenvalue weighted by Gasteiger charge is -2.24. The van der Waals surface area contributed by atoms with Crippen LogP contribution >= 0.6 is 0 Å². The normalized spacial score (nSPS) is 10.9. The Hall–Kier alpha value is -1.10. The predicted molar refractivity (Wildman–Crippen MR) is 62.3 cm³/mol. The van der Waals surface area contributed by atoms with E-state index in [0.29, 0.717) is 19.4 Å². The molecule has 16 heavy (non-hydrogen) atoms. The number of carbonyl (C=O) groups is 2. The summed E-state index contributed by atoms with van der Waals surface area (Å²) >= 11 is 0. The summed E-state index contributed by atoms with van der Waals surface area (Å²) in [5.74, 6) is -0.744. The van der Waals surface area contributed by atoms with Crippen molar-refractivity contribution in [1.82, 2.24) is 9.80 Å². The van der Waals surface area contributed by atoms with Gasteiger partial charge < -0.3 is 10.0 Å². The second-order valence-corrected chi connectivity index (χ2v) is 4.35. The fourth-order valence-electron chi connectivity index (χ4n) is 1.35. The van der Waals surface area contributed by atoms with Gasteiger partial charge in [0, 0.05) is 26.6 Å². The topological polar surface area (TPSA) is 60.9 Å². The lowest BCUT2D eigenvalue weighted by Crippen LogP contribution is -2.36. The summed E-state index contributed by atoms with van der Waals surface area (Å²) < 4.78 is 0. The molecule has 0 fully saturated rings. The van der Waals surface area contributed by atoms with Gasteiger partial charge in [-0.3, -0.25) is 14.5 Å². The van der Waals surface area contributed by atoms with E-state index in [1.54, 1.807) is 19.0 Å². The lowest BCUT2D eigenvalue weighted by atomic mass is 10.2. The summed E-state index contributed by atoms with van der Waals surface area (Å²) in [5, 5.41) is 8.71. The summed E-state index contributed by atoms with van der Waals surface area (Å²) in [4.78, 5) is 25.3. The number of carbonyl (C=O) groups excluding carboxylic acids is 1. The molecule has 0 atom stereocenters. The van der Waals surface area contributed by atoms with Crippen LogP contribution in [0.3, 0.4) is 0 Å². The van der Waals surface area contributed by atoms with Crippen LogP contribution in [0.5, 0.6) is 0 Å². The van der Waals surface area contributed by atoms with Gasteiger partial charge in [-0.15, -0.1) is 0 Å². The van der Waals surface area contributed by atoms with Gasteiger partial charge in [0.25, 0.3) is 0 Å². The monoisotopic (exact) mass is 230 g/mol. The second kappa shape index (κ2) is 7.22. The first-order valence-corrected chi connectivity index (χ1v) is 5.50. The van der Waals surface area contributed by atoms with Crippen LogP contribution in [0.25, 0.3) is 0 Å². The van der Waals surface area contributed by atoms with Crippen LogP contribution in [0.1, 0.15) is 26.7 Å². The number of nitrogens with zero attached hydrogens (tertiary/aromatic N) is 2. The minimum absolute atomic E-state index is 0.0355. The van der Waals surface area contributed by atoms with Crippen LogP contribution in [0.2, 0.25) is 0 Å². The molecule has 0 aromatic heterocycles. The number of carboxylic acid groups (broad SMARTS) is 1. The van der Waals surface area contributed by atoms with Crippen molar-refractivity contribution in [2.75, 3.05) is 27.2 Å². The van der Waals surface area contributed by atoms with E-state index in [2.05, 4.69) is 0 Å². The summed E-state index contributed by atoms with van der Waals surface area (Å²) in [6.45, 7) is 4.59. The van der Waals surface area contributed by atoms with E-state index < -0.39 is 5.97 Å². The molecule has 5 nitrogen and oxygen atoms in total. The quantitative estimate of drug-likeness (QED) is 0.697. The maximum Gasteiger partial charge on any atom is 0.317 e. The van der Waals surface area contributed by atoms with Crippen molar-refractivity contribution in [3.63, 3.8) is 0 Å². The molecule has 0 bridgehead atoms. The molecule has 94 valence electrons. The summed E-state index contributed by atoms with van der Waals surface area (Å²) in [5.41, 5.74) is 0. The first-order valence-electron chi connectivity index (χ1n) is 5.50. The molecule has 0 aliphatic heterocycles. The molecule has 0 heterocycles. The van der Waals surface area contributed by atoms with Crippen molar-refractivity contribution in [2.45, 2.75) is 32.7 Å². The standard InChI is InChI=1S/C11H22N2O3/c1-9(2)13(8-11(15)16)7-5-6-10(14)12(3)4/h9H,5-8H2,1-4H3,(H,15,16). The number of carboxylic acids is 1. The fourth-order valence-corrected chi connectivity index (χ4v) is 1.35. The van der Waals surface area contributed by atoms with Gasteiger partial charge in [-0.2, -0.15) is 0 Å². The molecule has 0 aliphatic carbocycles. The maximum atomic E-state index is 11.3. The van der Waals surface area contributed by atoms with E-state index >= 15 is 0 Å². The Labute approximate surface area is 97.0 Å². The second-order valence-electron chi connectivity index (χ2n) is 4.35. The van der Waals surface area contributed by atoms with Crippen LogP contribution in [0.15, 0.2) is 0 Å². The number of rotatable bonds is 7. The molecule has 0 aromatic rings. The van der Waals surface area contributed by atoms with Crippen LogP contribution < -0.4 is 0 Å². The molecule has 0 radical (unpaired) electrons. The molecule has 0 aliphatic rings. The third kappa shape index (κ3) is 6.40. The van der Waals surface area contributed by atoms with Crippen LogP contribution in [0.4, 0.5) is 0 Å². The molecule has 0 saturated carbocycles. The highest BCUT2D eigenvalue weighted by molar-refractivity contribution is 5.75.